The molecule has 0 bridgehead atoms. The molecule has 0 radical (unpaired) electrons. The predicted molar refractivity (Wildman–Crippen MR) is 70.6 cm³/mol. The Kier molecular flexibility index (Phi) is 4.94. The summed E-state index contributed by atoms with van der Waals surface area (Å²) in [7, 11) is 0. The van der Waals surface area contributed by atoms with E-state index < -0.39 is 17.5 Å². The van der Waals surface area contributed by atoms with E-state index >= 15 is 0 Å². The van der Waals surface area contributed by atoms with Crippen LogP contribution in [0.4, 0.5) is 18.9 Å². The number of aliphatic hydroxyl groups excluding tert-OH is 1. The van der Waals surface area contributed by atoms with Crippen LogP contribution in [0.1, 0.15) is 19.4 Å². The summed E-state index contributed by atoms with van der Waals surface area (Å²) in [6.07, 6.45) is -3.53. The average Bonchev–Trinajstić information content (AvgIpc) is 2.29. The minimum absolute atomic E-state index is 0.00717. The molecule has 0 aliphatic heterocycles. The van der Waals surface area contributed by atoms with Gasteiger partial charge in [0.15, 0.2) is 5.78 Å². The minimum atomic E-state index is -4.51. The van der Waals surface area contributed by atoms with E-state index in [9.17, 15) is 23.1 Å². The normalized spacial score (nSPS) is 13.5. The van der Waals surface area contributed by atoms with Crippen LogP contribution in [0.5, 0.6) is 0 Å². The van der Waals surface area contributed by atoms with Crippen molar-refractivity contribution in [1.29, 1.82) is 0 Å². The molecular formula is C13H11ClF3NO2. The molecule has 108 valence electrons. The first-order valence-corrected chi connectivity index (χ1v) is 5.82. The zero-order chi connectivity index (χ0) is 15.5. The van der Waals surface area contributed by atoms with E-state index in [4.69, 9.17) is 11.6 Å². The van der Waals surface area contributed by atoms with E-state index in [1.165, 1.54) is 13.8 Å². The average molecular weight is 306 g/mol. The van der Waals surface area contributed by atoms with Gasteiger partial charge in [-0.2, -0.15) is 13.2 Å². The fraction of sp³-hybridized carbons (Fsp3) is 0.231. The maximum Gasteiger partial charge on any atom is 0.416 e. The third-order valence-corrected chi connectivity index (χ3v) is 2.69. The maximum absolute atomic E-state index is 12.6. The topological polar surface area (TPSA) is 49.7 Å². The van der Waals surface area contributed by atoms with Crippen molar-refractivity contribution in [3.05, 3.63) is 40.1 Å². The third-order valence-electron chi connectivity index (χ3n) is 2.38. The molecule has 0 spiro atoms. The summed E-state index contributed by atoms with van der Waals surface area (Å²) in [4.78, 5) is 14.9. The van der Waals surface area contributed by atoms with Crippen LogP contribution in [-0.2, 0) is 11.0 Å². The number of carbonyl (C=O) groups is 1. The highest BCUT2D eigenvalue weighted by Gasteiger charge is 2.30. The number of carbonyl (C=O) groups excluding carboxylic acids is 1. The Balaban J connectivity index is 3.22. The third kappa shape index (κ3) is 4.09. The highest BCUT2D eigenvalue weighted by molar-refractivity contribution is 6.33. The van der Waals surface area contributed by atoms with Crippen molar-refractivity contribution in [1.82, 2.24) is 0 Å². The smallest absolute Gasteiger partial charge is 0.416 e. The number of Topliss-reactive ketones (excluding diaryl/α,β-unsaturated/α-hetero) is 1. The summed E-state index contributed by atoms with van der Waals surface area (Å²) < 4.78 is 37.7. The lowest BCUT2D eigenvalue weighted by atomic mass is 10.1. The van der Waals surface area contributed by atoms with Crippen molar-refractivity contribution in [3.63, 3.8) is 0 Å². The number of rotatable bonds is 3. The van der Waals surface area contributed by atoms with Crippen molar-refractivity contribution in [2.24, 2.45) is 4.99 Å². The largest absolute Gasteiger partial charge is 0.512 e. The Bertz CT molecular complexity index is 588. The number of alkyl halides is 3. The fourth-order valence-electron chi connectivity index (χ4n) is 1.36. The predicted octanol–water partition coefficient (Wildman–Crippen LogP) is 4.48. The number of halogens is 4. The van der Waals surface area contributed by atoms with E-state index in [2.05, 4.69) is 4.99 Å². The number of hydrogen-bond acceptors (Lipinski definition) is 3. The van der Waals surface area contributed by atoms with Gasteiger partial charge < -0.3 is 5.11 Å². The molecule has 0 aliphatic rings. The van der Waals surface area contributed by atoms with E-state index in [1.807, 2.05) is 0 Å². The molecule has 0 saturated carbocycles. The Hall–Kier alpha value is -1.82. The summed E-state index contributed by atoms with van der Waals surface area (Å²) in [5.74, 6) is -0.735. The second kappa shape index (κ2) is 6.09. The van der Waals surface area contributed by atoms with Crippen LogP contribution in [0.15, 0.2) is 34.5 Å². The van der Waals surface area contributed by atoms with Gasteiger partial charge in [-0.1, -0.05) is 11.6 Å². The summed E-state index contributed by atoms with van der Waals surface area (Å²) in [5.41, 5.74) is -1.14. The minimum Gasteiger partial charge on any atom is -0.512 e. The second-order valence-electron chi connectivity index (χ2n) is 3.98. The van der Waals surface area contributed by atoms with Crippen LogP contribution < -0.4 is 0 Å². The molecule has 0 aliphatic carbocycles. The number of ketones is 1. The van der Waals surface area contributed by atoms with E-state index in [0.29, 0.717) is 0 Å². The molecule has 0 unspecified atom stereocenters. The van der Waals surface area contributed by atoms with Crippen molar-refractivity contribution in [2.45, 2.75) is 20.0 Å². The van der Waals surface area contributed by atoms with Gasteiger partial charge in [0.2, 0.25) is 0 Å². The van der Waals surface area contributed by atoms with Gasteiger partial charge in [0.25, 0.3) is 0 Å². The lowest BCUT2D eigenvalue weighted by Gasteiger charge is -2.08. The molecule has 1 aromatic rings. The molecule has 7 heteroatoms. The number of nitrogens with zero attached hydrogens (tertiary/aromatic N) is 1. The molecule has 3 nitrogen and oxygen atoms in total. The summed E-state index contributed by atoms with van der Waals surface area (Å²) in [6, 6.07) is 2.67. The van der Waals surface area contributed by atoms with Crippen LogP contribution in [-0.4, -0.2) is 17.1 Å². The first-order valence-electron chi connectivity index (χ1n) is 5.44. The van der Waals surface area contributed by atoms with Gasteiger partial charge in [-0.05, 0) is 32.0 Å². The lowest BCUT2D eigenvalue weighted by Crippen LogP contribution is -2.04. The molecular weight excluding hydrogens is 295 g/mol. The monoisotopic (exact) mass is 305 g/mol. The molecule has 1 rings (SSSR count). The van der Waals surface area contributed by atoms with Crippen LogP contribution in [0, 0.1) is 0 Å². The van der Waals surface area contributed by atoms with Gasteiger partial charge in [0, 0.05) is 6.21 Å². The van der Waals surface area contributed by atoms with Crippen molar-refractivity contribution in [2.75, 3.05) is 0 Å². The molecule has 0 aromatic heterocycles. The Morgan fingerprint density at radius 1 is 1.35 bits per heavy atom. The SMILES string of the molecule is CC(=O)/C(C=Nc1cc(C(F)(F)F)ccc1Cl)=C(\C)O. The highest BCUT2D eigenvalue weighted by atomic mass is 35.5. The van der Waals surface area contributed by atoms with Crippen molar-refractivity contribution in [3.8, 4) is 0 Å². The molecule has 0 fully saturated rings. The Morgan fingerprint density at radius 2 is 1.95 bits per heavy atom. The van der Waals surface area contributed by atoms with Gasteiger partial charge in [-0.3, -0.25) is 9.79 Å². The molecule has 1 N–H and O–H groups in total. The number of aliphatic hydroxyl groups is 1. The fourth-order valence-corrected chi connectivity index (χ4v) is 1.53. The summed E-state index contributed by atoms with van der Waals surface area (Å²) in [6.45, 7) is 2.48. The van der Waals surface area contributed by atoms with Gasteiger partial charge in [-0.25, -0.2) is 0 Å². The van der Waals surface area contributed by atoms with Crippen LogP contribution in [0.3, 0.4) is 0 Å². The second-order valence-corrected chi connectivity index (χ2v) is 4.38. The van der Waals surface area contributed by atoms with Gasteiger partial charge in [0.1, 0.15) is 5.76 Å². The molecule has 20 heavy (non-hydrogen) atoms. The molecule has 1 aromatic carbocycles. The summed E-state index contributed by atoms with van der Waals surface area (Å²) in [5, 5.41) is 9.28. The lowest BCUT2D eigenvalue weighted by molar-refractivity contribution is -0.137. The number of aliphatic imine (C=N–C) groups is 1. The van der Waals surface area contributed by atoms with E-state index in [1.54, 1.807) is 0 Å². The quantitative estimate of drug-likeness (QED) is 0.508. The molecule has 0 saturated heterocycles. The first kappa shape index (κ1) is 16.2. The van der Waals surface area contributed by atoms with Crippen molar-refractivity contribution < 1.29 is 23.1 Å². The van der Waals surface area contributed by atoms with Gasteiger partial charge >= 0.3 is 6.18 Å². The zero-order valence-corrected chi connectivity index (χ0v) is 11.4. The maximum atomic E-state index is 12.6. The molecule has 0 amide bonds. The standard InChI is InChI=1S/C13H11ClF3NO2/c1-7(19)10(8(2)20)6-18-12-5-9(13(15,16)17)3-4-11(12)14/h3-6,19H,1-2H3/b10-7+,18-6?. The molecule has 0 atom stereocenters. The van der Waals surface area contributed by atoms with Gasteiger partial charge in [-0.15, -0.1) is 0 Å². The first-order chi connectivity index (χ1) is 9.12. The zero-order valence-electron chi connectivity index (χ0n) is 10.6. The van der Waals surface area contributed by atoms with Gasteiger partial charge in [0.05, 0.1) is 21.8 Å². The number of allylic oxidation sites excluding steroid dienone is 2. The van der Waals surface area contributed by atoms with E-state index in [0.717, 1.165) is 24.4 Å². The molecule has 0 heterocycles. The van der Waals surface area contributed by atoms with Crippen LogP contribution >= 0.6 is 11.6 Å². The Morgan fingerprint density at radius 3 is 2.40 bits per heavy atom. The Labute approximate surface area is 118 Å². The van der Waals surface area contributed by atoms with Crippen LogP contribution in [0.2, 0.25) is 5.02 Å². The number of benzene rings is 1. The van der Waals surface area contributed by atoms with E-state index in [-0.39, 0.29) is 22.0 Å². The highest BCUT2D eigenvalue weighted by Crippen LogP contribution is 2.34. The van der Waals surface area contributed by atoms with Crippen LogP contribution in [0.25, 0.3) is 0 Å². The number of hydrogen-bond donors (Lipinski definition) is 1. The summed E-state index contributed by atoms with van der Waals surface area (Å²) >= 11 is 5.74. The van der Waals surface area contributed by atoms with Crippen molar-refractivity contribution >= 4 is 29.3 Å².